The van der Waals surface area contributed by atoms with Crippen molar-refractivity contribution in [3.63, 3.8) is 0 Å². The van der Waals surface area contributed by atoms with Gasteiger partial charge >= 0.3 is 0 Å². The number of ether oxygens (including phenoxy) is 1. The molecule has 134 valence electrons. The molecule has 0 aliphatic rings. The van der Waals surface area contributed by atoms with E-state index in [4.69, 9.17) is 10.00 Å². The van der Waals surface area contributed by atoms with Crippen LogP contribution in [0.5, 0.6) is 5.75 Å². The van der Waals surface area contributed by atoms with Crippen molar-refractivity contribution in [2.45, 2.75) is 19.4 Å². The summed E-state index contributed by atoms with van der Waals surface area (Å²) in [6.45, 7) is 1.71. The molecular weight excluding hydrogens is 336 g/mol. The van der Waals surface area contributed by atoms with Gasteiger partial charge in [-0.15, -0.1) is 0 Å². The average Bonchev–Trinajstić information content (AvgIpc) is 2.71. The predicted molar refractivity (Wildman–Crippen MR) is 106 cm³/mol. The second-order valence-corrected chi connectivity index (χ2v) is 6.17. The molecule has 0 aliphatic heterocycles. The van der Waals surface area contributed by atoms with E-state index in [-0.39, 0.29) is 5.91 Å². The van der Waals surface area contributed by atoms with Gasteiger partial charge in [0.05, 0.1) is 12.5 Å². The van der Waals surface area contributed by atoms with Crippen molar-refractivity contribution in [3.05, 3.63) is 84.4 Å². The Bertz CT molecular complexity index is 927. The fourth-order valence-electron chi connectivity index (χ4n) is 2.66. The first-order valence-electron chi connectivity index (χ1n) is 8.74. The Balaban J connectivity index is 1.58. The van der Waals surface area contributed by atoms with Crippen LogP contribution < -0.4 is 10.1 Å². The average molecular weight is 356 g/mol. The maximum absolute atomic E-state index is 12.3. The Hall–Kier alpha value is -3.58. The first-order valence-corrected chi connectivity index (χ1v) is 8.74. The van der Waals surface area contributed by atoms with E-state index in [9.17, 15) is 4.79 Å². The molecule has 0 aromatic heterocycles. The van der Waals surface area contributed by atoms with Crippen molar-refractivity contribution in [1.29, 1.82) is 5.26 Å². The summed E-state index contributed by atoms with van der Waals surface area (Å²) in [5, 5.41) is 11.5. The Morgan fingerprint density at radius 2 is 1.59 bits per heavy atom. The third-order valence-corrected chi connectivity index (χ3v) is 4.15. The smallest absolute Gasteiger partial charge is 0.265 e. The van der Waals surface area contributed by atoms with E-state index in [0.717, 1.165) is 16.7 Å². The number of carbonyl (C=O) groups is 1. The van der Waals surface area contributed by atoms with Gasteiger partial charge in [0.25, 0.3) is 5.91 Å². The highest BCUT2D eigenvalue weighted by Gasteiger charge is 2.15. The monoisotopic (exact) mass is 356 g/mol. The van der Waals surface area contributed by atoms with E-state index >= 15 is 0 Å². The van der Waals surface area contributed by atoms with Crippen LogP contribution in [0.4, 0.5) is 5.69 Å². The Morgan fingerprint density at radius 1 is 0.963 bits per heavy atom. The lowest BCUT2D eigenvalue weighted by Crippen LogP contribution is -2.30. The van der Waals surface area contributed by atoms with Gasteiger partial charge in [0.15, 0.2) is 6.10 Å². The summed E-state index contributed by atoms with van der Waals surface area (Å²) in [5.41, 5.74) is 3.82. The van der Waals surface area contributed by atoms with Gasteiger partial charge in [-0.3, -0.25) is 4.79 Å². The Kier molecular flexibility index (Phi) is 5.86. The third kappa shape index (κ3) is 4.96. The number of carbonyl (C=O) groups excluding carboxylic acids is 1. The Morgan fingerprint density at radius 3 is 2.22 bits per heavy atom. The molecule has 0 spiro atoms. The van der Waals surface area contributed by atoms with E-state index < -0.39 is 6.10 Å². The van der Waals surface area contributed by atoms with Crippen LogP contribution in [0, 0.1) is 11.3 Å². The molecule has 1 N–H and O–H groups in total. The molecule has 27 heavy (non-hydrogen) atoms. The highest BCUT2D eigenvalue weighted by Crippen LogP contribution is 2.22. The van der Waals surface area contributed by atoms with Gasteiger partial charge in [0.2, 0.25) is 0 Å². The van der Waals surface area contributed by atoms with E-state index in [0.29, 0.717) is 17.9 Å². The van der Waals surface area contributed by atoms with Gasteiger partial charge in [-0.1, -0.05) is 54.6 Å². The van der Waals surface area contributed by atoms with Crippen molar-refractivity contribution in [2.75, 3.05) is 5.32 Å². The van der Waals surface area contributed by atoms with Gasteiger partial charge in [0.1, 0.15) is 5.75 Å². The molecule has 3 rings (SSSR count). The molecule has 1 atom stereocenters. The molecule has 1 unspecified atom stereocenters. The summed E-state index contributed by atoms with van der Waals surface area (Å²) >= 11 is 0. The normalized spacial score (nSPS) is 11.3. The lowest BCUT2D eigenvalue weighted by molar-refractivity contribution is -0.122. The maximum Gasteiger partial charge on any atom is 0.265 e. The van der Waals surface area contributed by atoms with Crippen LogP contribution in [0.25, 0.3) is 11.1 Å². The first kappa shape index (κ1) is 18.2. The van der Waals surface area contributed by atoms with Crippen LogP contribution in [0.1, 0.15) is 12.5 Å². The number of hydrogen-bond donors (Lipinski definition) is 1. The van der Waals surface area contributed by atoms with E-state index in [1.54, 1.807) is 19.1 Å². The van der Waals surface area contributed by atoms with Crippen LogP contribution in [0.2, 0.25) is 0 Å². The molecule has 3 aromatic rings. The van der Waals surface area contributed by atoms with Crippen LogP contribution in [0.15, 0.2) is 78.9 Å². The summed E-state index contributed by atoms with van der Waals surface area (Å²) in [4.78, 5) is 12.3. The summed E-state index contributed by atoms with van der Waals surface area (Å²) in [7, 11) is 0. The molecule has 0 bridgehead atoms. The molecule has 0 saturated carbocycles. The van der Waals surface area contributed by atoms with E-state index in [2.05, 4.69) is 11.4 Å². The number of anilines is 1. The summed E-state index contributed by atoms with van der Waals surface area (Å²) < 4.78 is 5.75. The quantitative estimate of drug-likeness (QED) is 0.688. The molecule has 4 nitrogen and oxygen atoms in total. The highest BCUT2D eigenvalue weighted by atomic mass is 16.5. The second-order valence-electron chi connectivity index (χ2n) is 6.17. The minimum absolute atomic E-state index is 0.227. The number of amides is 1. The van der Waals surface area contributed by atoms with E-state index in [1.165, 1.54) is 0 Å². The van der Waals surface area contributed by atoms with Crippen LogP contribution in [-0.2, 0) is 11.2 Å². The molecule has 0 heterocycles. The zero-order chi connectivity index (χ0) is 19.1. The molecule has 0 aliphatic carbocycles. The molecular formula is C23H20N2O2. The Labute approximate surface area is 159 Å². The molecule has 0 radical (unpaired) electrons. The maximum atomic E-state index is 12.3. The van der Waals surface area contributed by atoms with Crippen molar-refractivity contribution in [1.82, 2.24) is 0 Å². The lowest BCUT2D eigenvalue weighted by atomic mass is 10.1. The van der Waals surface area contributed by atoms with Gasteiger partial charge in [0, 0.05) is 5.69 Å². The third-order valence-electron chi connectivity index (χ3n) is 4.15. The second kappa shape index (κ2) is 8.68. The zero-order valence-electron chi connectivity index (χ0n) is 15.1. The summed E-state index contributed by atoms with van der Waals surface area (Å²) in [6.07, 6.45) is -0.279. The summed E-state index contributed by atoms with van der Waals surface area (Å²) in [6, 6.07) is 27.1. The van der Waals surface area contributed by atoms with Crippen molar-refractivity contribution < 1.29 is 9.53 Å². The first-order chi connectivity index (χ1) is 13.2. The number of nitrogens with zero attached hydrogens (tertiary/aromatic N) is 1. The highest BCUT2D eigenvalue weighted by molar-refractivity contribution is 5.94. The standard InChI is InChI=1S/C23H20N2O2/c1-17(23(26)25-21-11-7-18(8-12-21)15-16-24)27-22-13-9-20(10-14-22)19-5-3-2-4-6-19/h2-14,17H,15H2,1H3,(H,25,26). The SMILES string of the molecule is CC(Oc1ccc(-c2ccccc2)cc1)C(=O)Nc1ccc(CC#N)cc1. The minimum atomic E-state index is -0.633. The minimum Gasteiger partial charge on any atom is -0.481 e. The number of nitriles is 1. The molecule has 4 heteroatoms. The number of nitrogens with one attached hydrogen (secondary N) is 1. The van der Waals surface area contributed by atoms with Crippen molar-refractivity contribution in [3.8, 4) is 22.9 Å². The fraction of sp³-hybridized carbons (Fsp3) is 0.130. The van der Waals surface area contributed by atoms with Crippen LogP contribution >= 0.6 is 0 Å². The molecule has 0 saturated heterocycles. The van der Waals surface area contributed by atoms with Gasteiger partial charge < -0.3 is 10.1 Å². The molecule has 3 aromatic carbocycles. The van der Waals surface area contributed by atoms with Crippen LogP contribution in [0.3, 0.4) is 0 Å². The predicted octanol–water partition coefficient (Wildman–Crippen LogP) is 4.83. The van der Waals surface area contributed by atoms with Gasteiger partial charge in [-0.25, -0.2) is 0 Å². The summed E-state index contributed by atoms with van der Waals surface area (Å²) in [5.74, 6) is 0.414. The van der Waals surface area contributed by atoms with Gasteiger partial charge in [-0.2, -0.15) is 5.26 Å². The van der Waals surface area contributed by atoms with Crippen molar-refractivity contribution in [2.24, 2.45) is 0 Å². The molecule has 0 fully saturated rings. The largest absolute Gasteiger partial charge is 0.481 e. The number of rotatable bonds is 6. The van der Waals surface area contributed by atoms with E-state index in [1.807, 2.05) is 66.7 Å². The molecule has 1 amide bonds. The van der Waals surface area contributed by atoms with Crippen molar-refractivity contribution >= 4 is 11.6 Å². The number of benzene rings is 3. The van der Waals surface area contributed by atoms with Gasteiger partial charge in [-0.05, 0) is 47.9 Å². The lowest BCUT2D eigenvalue weighted by Gasteiger charge is -2.15. The fourth-order valence-corrected chi connectivity index (χ4v) is 2.66. The number of hydrogen-bond acceptors (Lipinski definition) is 3. The topological polar surface area (TPSA) is 62.1 Å². The zero-order valence-corrected chi connectivity index (χ0v) is 15.1. The van der Waals surface area contributed by atoms with Crippen LogP contribution in [-0.4, -0.2) is 12.0 Å².